The van der Waals surface area contributed by atoms with Crippen LogP contribution in [0.4, 0.5) is 13.2 Å². The average Bonchev–Trinajstić information content (AvgIpc) is 2.38. The average molecular weight is 293 g/mol. The van der Waals surface area contributed by atoms with Gasteiger partial charge in [-0.2, -0.15) is 13.2 Å². The van der Waals surface area contributed by atoms with Gasteiger partial charge in [0.25, 0.3) is 0 Å². The lowest BCUT2D eigenvalue weighted by molar-refractivity contribution is -0.137. The van der Waals surface area contributed by atoms with E-state index in [9.17, 15) is 23.4 Å². The van der Waals surface area contributed by atoms with Crippen molar-refractivity contribution >= 4 is 0 Å². The summed E-state index contributed by atoms with van der Waals surface area (Å²) in [7, 11) is 1.46. The van der Waals surface area contributed by atoms with E-state index in [-0.39, 0.29) is 19.7 Å². The zero-order valence-electron chi connectivity index (χ0n) is 11.0. The van der Waals surface area contributed by atoms with Crippen molar-refractivity contribution in [3.05, 3.63) is 35.4 Å². The van der Waals surface area contributed by atoms with E-state index < -0.39 is 23.9 Å². The van der Waals surface area contributed by atoms with Gasteiger partial charge in [0, 0.05) is 20.2 Å². The van der Waals surface area contributed by atoms with Gasteiger partial charge in [0.1, 0.15) is 0 Å². The lowest BCUT2D eigenvalue weighted by Crippen LogP contribution is -2.32. The molecule has 1 rings (SSSR count). The number of rotatable bonds is 7. The zero-order valence-corrected chi connectivity index (χ0v) is 11.0. The van der Waals surface area contributed by atoms with Crippen LogP contribution in [0.2, 0.25) is 0 Å². The predicted octanol–water partition coefficient (Wildman–Crippen LogP) is 1.34. The van der Waals surface area contributed by atoms with E-state index in [0.29, 0.717) is 5.56 Å². The van der Waals surface area contributed by atoms with Gasteiger partial charge in [-0.05, 0) is 17.7 Å². The molecule has 2 atom stereocenters. The van der Waals surface area contributed by atoms with Gasteiger partial charge in [0.05, 0.1) is 24.4 Å². The lowest BCUT2D eigenvalue weighted by Gasteiger charge is -2.15. The molecule has 0 aromatic heterocycles. The minimum Gasteiger partial charge on any atom is -0.389 e. The van der Waals surface area contributed by atoms with Crippen molar-refractivity contribution in [2.75, 3.05) is 26.8 Å². The van der Waals surface area contributed by atoms with Crippen LogP contribution in [-0.4, -0.2) is 43.1 Å². The molecule has 1 aromatic rings. The molecule has 1 aromatic carbocycles. The van der Waals surface area contributed by atoms with E-state index in [1.165, 1.54) is 19.2 Å². The number of aliphatic hydroxyl groups excluding tert-OH is 2. The van der Waals surface area contributed by atoms with E-state index in [1.807, 2.05) is 0 Å². The van der Waals surface area contributed by atoms with Crippen LogP contribution in [-0.2, 0) is 10.9 Å². The molecule has 3 N–H and O–H groups in total. The second-order valence-corrected chi connectivity index (χ2v) is 4.40. The molecule has 4 nitrogen and oxygen atoms in total. The molecule has 0 fully saturated rings. The van der Waals surface area contributed by atoms with E-state index >= 15 is 0 Å². The van der Waals surface area contributed by atoms with Crippen LogP contribution < -0.4 is 5.32 Å². The summed E-state index contributed by atoms with van der Waals surface area (Å²) in [5.74, 6) is 0. The van der Waals surface area contributed by atoms with Gasteiger partial charge in [0.15, 0.2) is 0 Å². The van der Waals surface area contributed by atoms with E-state index in [4.69, 9.17) is 4.74 Å². The van der Waals surface area contributed by atoms with Gasteiger partial charge in [-0.15, -0.1) is 0 Å². The number of benzene rings is 1. The quantitative estimate of drug-likeness (QED) is 0.710. The predicted molar refractivity (Wildman–Crippen MR) is 67.2 cm³/mol. The number of halogens is 3. The molecule has 0 saturated carbocycles. The lowest BCUT2D eigenvalue weighted by atomic mass is 10.1. The number of aliphatic hydroxyl groups is 2. The van der Waals surface area contributed by atoms with E-state index in [2.05, 4.69) is 5.32 Å². The van der Waals surface area contributed by atoms with Crippen LogP contribution in [0.3, 0.4) is 0 Å². The monoisotopic (exact) mass is 293 g/mol. The molecule has 20 heavy (non-hydrogen) atoms. The van der Waals surface area contributed by atoms with Gasteiger partial charge in [-0.1, -0.05) is 12.1 Å². The Morgan fingerprint density at radius 1 is 1.15 bits per heavy atom. The molecule has 7 heteroatoms. The highest BCUT2D eigenvalue weighted by atomic mass is 19.4. The Morgan fingerprint density at radius 3 is 2.25 bits per heavy atom. The van der Waals surface area contributed by atoms with Gasteiger partial charge >= 0.3 is 6.18 Å². The summed E-state index contributed by atoms with van der Waals surface area (Å²) in [6.45, 7) is 0.529. The standard InChI is InChI=1S/C13H18F3NO3/c1-20-8-11(18)6-17-7-12(19)9-2-4-10(5-3-9)13(14,15)16/h2-5,11-12,17-19H,6-8H2,1H3. The Bertz CT molecular complexity index is 395. The van der Waals surface area contributed by atoms with Crippen molar-refractivity contribution in [3.63, 3.8) is 0 Å². The highest BCUT2D eigenvalue weighted by Gasteiger charge is 2.30. The molecule has 0 spiro atoms. The minimum atomic E-state index is -4.38. The Labute approximate surface area is 115 Å². The van der Waals surface area contributed by atoms with Crippen molar-refractivity contribution in [3.8, 4) is 0 Å². The van der Waals surface area contributed by atoms with Crippen LogP contribution in [0.5, 0.6) is 0 Å². The summed E-state index contributed by atoms with van der Waals surface area (Å²) in [5, 5.41) is 22.0. The molecule has 0 bridgehead atoms. The van der Waals surface area contributed by atoms with Crippen LogP contribution in [0, 0.1) is 0 Å². The molecule has 0 heterocycles. The second kappa shape index (κ2) is 7.58. The Kier molecular flexibility index (Phi) is 6.41. The molecule has 0 aliphatic heterocycles. The summed E-state index contributed by atoms with van der Waals surface area (Å²) in [5.41, 5.74) is -0.372. The SMILES string of the molecule is COCC(O)CNCC(O)c1ccc(C(F)(F)F)cc1. The summed E-state index contributed by atoms with van der Waals surface area (Å²) in [6.07, 6.45) is -6.02. The molecule has 0 aliphatic rings. The fourth-order valence-electron chi connectivity index (χ4n) is 1.65. The van der Waals surface area contributed by atoms with Gasteiger partial charge in [-0.25, -0.2) is 0 Å². The number of hydrogen-bond donors (Lipinski definition) is 3. The smallest absolute Gasteiger partial charge is 0.389 e. The Hall–Kier alpha value is -1.15. The third-order valence-electron chi connectivity index (χ3n) is 2.70. The van der Waals surface area contributed by atoms with Crippen LogP contribution in [0.25, 0.3) is 0 Å². The first kappa shape index (κ1) is 16.9. The van der Waals surface area contributed by atoms with Crippen molar-refractivity contribution in [1.82, 2.24) is 5.32 Å². The molecule has 114 valence electrons. The Morgan fingerprint density at radius 2 is 1.75 bits per heavy atom. The van der Waals surface area contributed by atoms with Gasteiger partial charge < -0.3 is 20.3 Å². The summed E-state index contributed by atoms with van der Waals surface area (Å²) in [4.78, 5) is 0. The summed E-state index contributed by atoms with van der Waals surface area (Å²) < 4.78 is 41.8. The minimum absolute atomic E-state index is 0.131. The first-order chi connectivity index (χ1) is 9.34. The molecule has 0 saturated heterocycles. The van der Waals surface area contributed by atoms with Crippen LogP contribution in [0.15, 0.2) is 24.3 Å². The van der Waals surface area contributed by atoms with Crippen molar-refractivity contribution in [2.24, 2.45) is 0 Å². The molecule has 0 aliphatic carbocycles. The fraction of sp³-hybridized carbons (Fsp3) is 0.538. The highest BCUT2D eigenvalue weighted by Crippen LogP contribution is 2.29. The maximum absolute atomic E-state index is 12.4. The number of ether oxygens (including phenoxy) is 1. The maximum Gasteiger partial charge on any atom is 0.416 e. The van der Waals surface area contributed by atoms with Crippen molar-refractivity contribution in [2.45, 2.75) is 18.4 Å². The second-order valence-electron chi connectivity index (χ2n) is 4.40. The number of nitrogens with one attached hydrogen (secondary N) is 1. The number of alkyl halides is 3. The summed E-state index contributed by atoms with van der Waals surface area (Å²) in [6, 6.07) is 4.33. The first-order valence-electron chi connectivity index (χ1n) is 6.07. The fourth-order valence-corrected chi connectivity index (χ4v) is 1.65. The maximum atomic E-state index is 12.4. The summed E-state index contributed by atoms with van der Waals surface area (Å²) >= 11 is 0. The number of methoxy groups -OCH3 is 1. The van der Waals surface area contributed by atoms with Crippen molar-refractivity contribution in [1.29, 1.82) is 0 Å². The van der Waals surface area contributed by atoms with E-state index in [0.717, 1.165) is 12.1 Å². The topological polar surface area (TPSA) is 61.7 Å². The Balaban J connectivity index is 2.46. The van der Waals surface area contributed by atoms with Crippen LogP contribution in [0.1, 0.15) is 17.2 Å². The first-order valence-corrected chi connectivity index (χ1v) is 6.07. The van der Waals surface area contributed by atoms with Gasteiger partial charge in [0.2, 0.25) is 0 Å². The zero-order chi connectivity index (χ0) is 15.2. The molecule has 0 amide bonds. The molecular weight excluding hydrogens is 275 g/mol. The molecule has 0 radical (unpaired) electrons. The third-order valence-corrected chi connectivity index (χ3v) is 2.70. The van der Waals surface area contributed by atoms with Crippen molar-refractivity contribution < 1.29 is 28.1 Å². The largest absolute Gasteiger partial charge is 0.416 e. The van der Waals surface area contributed by atoms with Gasteiger partial charge in [-0.3, -0.25) is 0 Å². The number of hydrogen-bond acceptors (Lipinski definition) is 4. The van der Waals surface area contributed by atoms with E-state index in [1.54, 1.807) is 0 Å². The molecule has 2 unspecified atom stereocenters. The highest BCUT2D eigenvalue weighted by molar-refractivity contribution is 5.26. The molecular formula is C13H18F3NO3. The third kappa shape index (κ3) is 5.46. The normalized spacial score (nSPS) is 15.1. The van der Waals surface area contributed by atoms with Crippen LogP contribution >= 0.6 is 0 Å².